The van der Waals surface area contributed by atoms with E-state index in [0.29, 0.717) is 40.3 Å². The molecular formula is C26H28F2N6O. The number of amides is 1. The Labute approximate surface area is 202 Å². The third-order valence-electron chi connectivity index (χ3n) is 6.51. The summed E-state index contributed by atoms with van der Waals surface area (Å²) in [4.78, 5) is 17.6. The smallest absolute Gasteiger partial charge is 0.264 e. The molecule has 0 saturated heterocycles. The van der Waals surface area contributed by atoms with E-state index in [4.69, 9.17) is 0 Å². The lowest BCUT2D eigenvalue weighted by atomic mass is 10.1. The van der Waals surface area contributed by atoms with Crippen LogP contribution < -0.4 is 5.32 Å². The summed E-state index contributed by atoms with van der Waals surface area (Å²) in [7, 11) is 0. The van der Waals surface area contributed by atoms with Crippen LogP contribution in [0.15, 0.2) is 30.3 Å². The molecule has 1 aliphatic rings. The van der Waals surface area contributed by atoms with Gasteiger partial charge in [0.15, 0.2) is 5.65 Å². The fraction of sp³-hybridized carbons (Fsp3) is 0.385. The topological polar surface area (TPSA) is 77.6 Å². The van der Waals surface area contributed by atoms with Crippen LogP contribution in [0.25, 0.3) is 11.0 Å². The molecule has 1 aromatic carbocycles. The summed E-state index contributed by atoms with van der Waals surface area (Å²) in [5, 5.41) is 12.3. The highest BCUT2D eigenvalue weighted by Crippen LogP contribution is 2.42. The first-order chi connectivity index (χ1) is 16.7. The van der Waals surface area contributed by atoms with Crippen molar-refractivity contribution in [3.8, 4) is 0 Å². The number of nitrogens with zero attached hydrogens (tertiary/aromatic N) is 5. The summed E-state index contributed by atoms with van der Waals surface area (Å²) < 4.78 is 30.9. The molecule has 0 spiro atoms. The number of anilines is 1. The van der Waals surface area contributed by atoms with E-state index in [0.717, 1.165) is 24.1 Å². The largest absolute Gasteiger partial charge is 0.321 e. The number of fused-ring (bicyclic) bond motifs is 1. The maximum absolute atomic E-state index is 13.8. The van der Waals surface area contributed by atoms with Crippen LogP contribution in [0, 0.1) is 27.7 Å². The monoisotopic (exact) mass is 478 g/mol. The van der Waals surface area contributed by atoms with E-state index >= 15 is 0 Å². The Hall–Kier alpha value is -3.62. The van der Waals surface area contributed by atoms with Crippen molar-refractivity contribution in [3.63, 3.8) is 0 Å². The molecule has 1 amide bonds. The molecule has 1 aliphatic carbocycles. The number of hydrogen-bond acceptors (Lipinski definition) is 4. The van der Waals surface area contributed by atoms with Crippen LogP contribution in [0.1, 0.15) is 64.7 Å². The number of hydrogen-bond donors (Lipinski definition) is 1. The minimum atomic E-state index is -2.63. The van der Waals surface area contributed by atoms with Crippen molar-refractivity contribution in [2.24, 2.45) is 0 Å². The molecule has 0 radical (unpaired) electrons. The van der Waals surface area contributed by atoms with Crippen molar-refractivity contribution in [2.75, 3.05) is 5.32 Å². The summed E-state index contributed by atoms with van der Waals surface area (Å²) >= 11 is 0. The molecule has 4 aromatic rings. The number of alkyl halides is 2. The zero-order chi connectivity index (χ0) is 24.9. The zero-order valence-electron chi connectivity index (χ0n) is 20.3. The van der Waals surface area contributed by atoms with Gasteiger partial charge in [-0.25, -0.2) is 18.4 Å². The second-order valence-corrected chi connectivity index (χ2v) is 9.39. The SMILES string of the molecule is Cc1cccc(Cn2nc(C)c(NC(=O)Cn3nc(C)c4c(C(F)F)cc(C5CC5)nc43)c2C)c1. The van der Waals surface area contributed by atoms with Gasteiger partial charge in [0, 0.05) is 17.2 Å². The summed E-state index contributed by atoms with van der Waals surface area (Å²) in [5.74, 6) is -0.105. The molecule has 0 unspecified atom stereocenters. The third-order valence-corrected chi connectivity index (χ3v) is 6.51. The van der Waals surface area contributed by atoms with E-state index in [-0.39, 0.29) is 23.9 Å². The first kappa shape index (κ1) is 23.1. The molecular weight excluding hydrogens is 450 g/mol. The van der Waals surface area contributed by atoms with E-state index in [9.17, 15) is 13.6 Å². The Balaban J connectivity index is 1.40. The van der Waals surface area contributed by atoms with E-state index in [2.05, 4.69) is 26.6 Å². The van der Waals surface area contributed by atoms with Crippen LogP contribution in [0.2, 0.25) is 0 Å². The minimum absolute atomic E-state index is 0.0647. The quantitative estimate of drug-likeness (QED) is 0.388. The fourth-order valence-electron chi connectivity index (χ4n) is 4.61. The fourth-order valence-corrected chi connectivity index (χ4v) is 4.61. The van der Waals surface area contributed by atoms with Gasteiger partial charge in [-0.05, 0) is 52.2 Å². The third kappa shape index (κ3) is 4.54. The number of carbonyl (C=O) groups excluding carboxylic acids is 1. The van der Waals surface area contributed by atoms with Crippen molar-refractivity contribution < 1.29 is 13.6 Å². The molecule has 0 aliphatic heterocycles. The first-order valence-corrected chi connectivity index (χ1v) is 11.8. The number of halogens is 2. The van der Waals surface area contributed by atoms with Gasteiger partial charge in [0.1, 0.15) is 6.54 Å². The van der Waals surface area contributed by atoms with Crippen molar-refractivity contribution in [2.45, 2.75) is 66.0 Å². The average Bonchev–Trinajstić information content (AvgIpc) is 3.56. The Kier molecular flexibility index (Phi) is 5.86. The molecule has 182 valence electrons. The molecule has 5 rings (SSSR count). The molecule has 1 N–H and O–H groups in total. The van der Waals surface area contributed by atoms with Crippen molar-refractivity contribution in [1.82, 2.24) is 24.5 Å². The van der Waals surface area contributed by atoms with Crippen LogP contribution in [-0.2, 0) is 17.9 Å². The van der Waals surface area contributed by atoms with Crippen molar-refractivity contribution in [1.29, 1.82) is 0 Å². The average molecular weight is 479 g/mol. The van der Waals surface area contributed by atoms with Gasteiger partial charge in [-0.3, -0.25) is 9.48 Å². The summed E-state index contributed by atoms with van der Waals surface area (Å²) in [5.41, 5.74) is 5.86. The maximum Gasteiger partial charge on any atom is 0.264 e. The van der Waals surface area contributed by atoms with Gasteiger partial charge in [0.25, 0.3) is 6.43 Å². The van der Waals surface area contributed by atoms with Crippen LogP contribution >= 0.6 is 0 Å². The lowest BCUT2D eigenvalue weighted by Crippen LogP contribution is -2.20. The Bertz CT molecular complexity index is 1430. The van der Waals surface area contributed by atoms with E-state index in [1.54, 1.807) is 6.92 Å². The van der Waals surface area contributed by atoms with Gasteiger partial charge >= 0.3 is 0 Å². The number of pyridine rings is 1. The number of benzene rings is 1. The Morgan fingerprint density at radius 3 is 2.51 bits per heavy atom. The van der Waals surface area contributed by atoms with Crippen LogP contribution in [0.5, 0.6) is 0 Å². The second-order valence-electron chi connectivity index (χ2n) is 9.39. The number of aryl methyl sites for hydroxylation is 3. The predicted octanol–water partition coefficient (Wildman–Crippen LogP) is 5.36. The molecule has 1 saturated carbocycles. The molecule has 7 nitrogen and oxygen atoms in total. The van der Waals surface area contributed by atoms with Crippen molar-refractivity contribution >= 4 is 22.6 Å². The molecule has 35 heavy (non-hydrogen) atoms. The first-order valence-electron chi connectivity index (χ1n) is 11.8. The highest BCUT2D eigenvalue weighted by molar-refractivity contribution is 5.93. The molecule has 0 bridgehead atoms. The number of nitrogens with one attached hydrogen (secondary N) is 1. The Morgan fingerprint density at radius 1 is 1.09 bits per heavy atom. The molecule has 9 heteroatoms. The lowest BCUT2D eigenvalue weighted by molar-refractivity contribution is -0.116. The van der Waals surface area contributed by atoms with E-state index in [1.165, 1.54) is 16.3 Å². The van der Waals surface area contributed by atoms with Gasteiger partial charge < -0.3 is 5.32 Å². The van der Waals surface area contributed by atoms with E-state index in [1.807, 2.05) is 43.7 Å². The van der Waals surface area contributed by atoms with Gasteiger partial charge in [0.05, 0.1) is 34.7 Å². The standard InChI is InChI=1S/C26H28F2N6O/c1-14-6-5-7-18(10-14)12-33-17(4)24(16(3)32-33)30-22(35)13-34-26-23(15(2)31-34)20(25(27)28)11-21(29-26)19-8-9-19/h5-7,10-11,19,25H,8-9,12-13H2,1-4H3,(H,30,35). The molecule has 1 fully saturated rings. The summed E-state index contributed by atoms with van der Waals surface area (Å²) in [6, 6.07) is 9.71. The van der Waals surface area contributed by atoms with E-state index < -0.39 is 6.43 Å². The minimum Gasteiger partial charge on any atom is -0.321 e. The van der Waals surface area contributed by atoms with Crippen LogP contribution in [-0.4, -0.2) is 30.5 Å². The number of rotatable bonds is 7. The zero-order valence-corrected chi connectivity index (χ0v) is 20.3. The maximum atomic E-state index is 13.8. The Morgan fingerprint density at radius 2 is 1.83 bits per heavy atom. The lowest BCUT2D eigenvalue weighted by Gasteiger charge is -2.09. The van der Waals surface area contributed by atoms with Gasteiger partial charge in [-0.15, -0.1) is 0 Å². The number of aromatic nitrogens is 5. The predicted molar refractivity (Wildman–Crippen MR) is 130 cm³/mol. The van der Waals surface area contributed by atoms with Crippen LogP contribution in [0.3, 0.4) is 0 Å². The highest BCUT2D eigenvalue weighted by Gasteiger charge is 2.29. The second kappa shape index (κ2) is 8.87. The molecule has 3 aromatic heterocycles. The summed E-state index contributed by atoms with van der Waals surface area (Å²) in [6.45, 7) is 7.94. The van der Waals surface area contributed by atoms with Crippen LogP contribution in [0.4, 0.5) is 14.5 Å². The van der Waals surface area contributed by atoms with Gasteiger partial charge in [0.2, 0.25) is 5.91 Å². The normalized spacial score (nSPS) is 13.7. The summed E-state index contributed by atoms with van der Waals surface area (Å²) in [6.07, 6.45) is -0.743. The van der Waals surface area contributed by atoms with Gasteiger partial charge in [-0.1, -0.05) is 29.8 Å². The highest BCUT2D eigenvalue weighted by atomic mass is 19.3. The molecule has 0 atom stereocenters. The van der Waals surface area contributed by atoms with Gasteiger partial charge in [-0.2, -0.15) is 10.2 Å². The number of carbonyl (C=O) groups is 1. The molecule has 3 heterocycles. The van der Waals surface area contributed by atoms with Crippen molar-refractivity contribution in [3.05, 3.63) is 69.8 Å².